The molecule has 0 aliphatic heterocycles. The highest BCUT2D eigenvalue weighted by Crippen LogP contribution is 2.25. The molecule has 0 fully saturated rings. The maximum atomic E-state index is 12.1. The number of ether oxygens (including phenoxy) is 1. The first-order valence-electron chi connectivity index (χ1n) is 8.08. The van der Waals surface area contributed by atoms with E-state index in [1.165, 1.54) is 11.8 Å². The van der Waals surface area contributed by atoms with Gasteiger partial charge in [0.05, 0.1) is 18.6 Å². The first kappa shape index (κ1) is 18.9. The summed E-state index contributed by atoms with van der Waals surface area (Å²) in [6.07, 6.45) is 1.31. The van der Waals surface area contributed by atoms with Crippen LogP contribution in [0.15, 0.2) is 53.4 Å². The van der Waals surface area contributed by atoms with Crippen molar-refractivity contribution in [1.82, 2.24) is 0 Å². The van der Waals surface area contributed by atoms with E-state index in [0.717, 1.165) is 17.0 Å². The Balaban J connectivity index is 1.90. The number of thioether (sulfide) groups is 1. The molecule has 0 unspecified atom stereocenters. The van der Waals surface area contributed by atoms with Gasteiger partial charge in [-0.3, -0.25) is 9.59 Å². The van der Waals surface area contributed by atoms with Crippen molar-refractivity contribution < 1.29 is 14.3 Å². The van der Waals surface area contributed by atoms with E-state index in [4.69, 9.17) is 4.74 Å². The molecule has 0 saturated carbocycles. The third kappa shape index (κ3) is 6.15. The standard InChI is InChI=1S/C19H22N2O3S/c1-3-7-18(22)20-14-8-6-9-15(12-14)25-13-19(23)21-16-10-4-5-11-17(16)24-2/h4-6,8-12H,3,7,13H2,1-2H3,(H,20,22)(H,21,23). The number of carbonyl (C=O) groups excluding carboxylic acids is 2. The summed E-state index contributed by atoms with van der Waals surface area (Å²) in [5, 5.41) is 5.70. The molecule has 0 aliphatic rings. The first-order valence-corrected chi connectivity index (χ1v) is 9.06. The lowest BCUT2D eigenvalue weighted by molar-refractivity contribution is -0.116. The summed E-state index contributed by atoms with van der Waals surface area (Å²) in [5.74, 6) is 0.777. The Morgan fingerprint density at radius 2 is 1.84 bits per heavy atom. The van der Waals surface area contributed by atoms with E-state index in [1.54, 1.807) is 19.2 Å². The Morgan fingerprint density at radius 1 is 1.04 bits per heavy atom. The Hall–Kier alpha value is -2.47. The maximum Gasteiger partial charge on any atom is 0.234 e. The van der Waals surface area contributed by atoms with Crippen LogP contribution in [0.3, 0.4) is 0 Å². The third-order valence-electron chi connectivity index (χ3n) is 3.35. The Labute approximate surface area is 152 Å². The topological polar surface area (TPSA) is 67.4 Å². The zero-order valence-electron chi connectivity index (χ0n) is 14.4. The molecule has 2 N–H and O–H groups in total. The number of para-hydroxylation sites is 2. The van der Waals surface area contributed by atoms with Crippen molar-refractivity contribution >= 4 is 35.0 Å². The summed E-state index contributed by atoms with van der Waals surface area (Å²) in [6.45, 7) is 1.96. The van der Waals surface area contributed by atoms with Crippen LogP contribution in [0.2, 0.25) is 0 Å². The van der Waals surface area contributed by atoms with Crippen LogP contribution in [0.25, 0.3) is 0 Å². The molecule has 2 aromatic carbocycles. The molecule has 2 amide bonds. The molecule has 2 rings (SSSR count). The number of methoxy groups -OCH3 is 1. The number of nitrogens with one attached hydrogen (secondary N) is 2. The molecule has 0 spiro atoms. The summed E-state index contributed by atoms with van der Waals surface area (Å²) in [6, 6.07) is 14.8. The molecule has 0 aliphatic carbocycles. The lowest BCUT2D eigenvalue weighted by Crippen LogP contribution is -2.14. The molecule has 0 atom stereocenters. The van der Waals surface area contributed by atoms with E-state index in [1.807, 2.05) is 43.3 Å². The average molecular weight is 358 g/mol. The highest BCUT2D eigenvalue weighted by molar-refractivity contribution is 8.00. The third-order valence-corrected chi connectivity index (χ3v) is 4.34. The van der Waals surface area contributed by atoms with Crippen LogP contribution in [-0.2, 0) is 9.59 Å². The highest BCUT2D eigenvalue weighted by atomic mass is 32.2. The van der Waals surface area contributed by atoms with Crippen LogP contribution in [0.1, 0.15) is 19.8 Å². The molecule has 0 aromatic heterocycles. The molecule has 2 aromatic rings. The number of hydrogen-bond acceptors (Lipinski definition) is 4. The van der Waals surface area contributed by atoms with Gasteiger partial charge in [-0.25, -0.2) is 0 Å². The fourth-order valence-electron chi connectivity index (χ4n) is 2.20. The quantitative estimate of drug-likeness (QED) is 0.695. The highest BCUT2D eigenvalue weighted by Gasteiger charge is 2.08. The number of rotatable bonds is 8. The van der Waals surface area contributed by atoms with E-state index < -0.39 is 0 Å². The van der Waals surface area contributed by atoms with E-state index >= 15 is 0 Å². The van der Waals surface area contributed by atoms with Crippen molar-refractivity contribution in [2.24, 2.45) is 0 Å². The lowest BCUT2D eigenvalue weighted by atomic mass is 10.3. The van der Waals surface area contributed by atoms with Crippen LogP contribution in [0.5, 0.6) is 5.75 Å². The van der Waals surface area contributed by atoms with Gasteiger partial charge in [0.1, 0.15) is 5.75 Å². The van der Waals surface area contributed by atoms with Crippen molar-refractivity contribution in [2.45, 2.75) is 24.7 Å². The summed E-state index contributed by atoms with van der Waals surface area (Å²) in [5.41, 5.74) is 1.39. The van der Waals surface area contributed by atoms with E-state index in [9.17, 15) is 9.59 Å². The Bertz CT molecular complexity index is 734. The zero-order chi connectivity index (χ0) is 18.1. The molecule has 5 nitrogen and oxygen atoms in total. The van der Waals surface area contributed by atoms with Crippen LogP contribution >= 0.6 is 11.8 Å². The average Bonchev–Trinajstić information content (AvgIpc) is 2.61. The van der Waals surface area contributed by atoms with Crippen molar-refractivity contribution in [3.8, 4) is 5.75 Å². The first-order chi connectivity index (χ1) is 12.1. The van der Waals surface area contributed by atoms with E-state index in [2.05, 4.69) is 10.6 Å². The van der Waals surface area contributed by atoms with Crippen LogP contribution in [-0.4, -0.2) is 24.7 Å². The van der Waals surface area contributed by atoms with Gasteiger partial charge in [-0.1, -0.05) is 25.1 Å². The monoisotopic (exact) mass is 358 g/mol. The van der Waals surface area contributed by atoms with Gasteiger partial charge >= 0.3 is 0 Å². The fourth-order valence-corrected chi connectivity index (χ4v) is 2.95. The number of benzene rings is 2. The van der Waals surface area contributed by atoms with Gasteiger partial charge in [0.15, 0.2) is 0 Å². The van der Waals surface area contributed by atoms with Crippen molar-refractivity contribution in [3.63, 3.8) is 0 Å². The second kappa shape index (κ2) is 9.74. The Kier molecular flexibility index (Phi) is 7.35. The summed E-state index contributed by atoms with van der Waals surface area (Å²) < 4.78 is 5.22. The molecule has 132 valence electrons. The SMILES string of the molecule is CCCC(=O)Nc1cccc(SCC(=O)Nc2ccccc2OC)c1. The second-order valence-corrected chi connectivity index (χ2v) is 6.41. The van der Waals surface area contributed by atoms with Gasteiger partial charge in [-0.15, -0.1) is 11.8 Å². The van der Waals surface area contributed by atoms with Crippen LogP contribution in [0, 0.1) is 0 Å². The van der Waals surface area contributed by atoms with Crippen molar-refractivity contribution in [3.05, 3.63) is 48.5 Å². The van der Waals surface area contributed by atoms with Gasteiger partial charge in [0.2, 0.25) is 11.8 Å². The smallest absolute Gasteiger partial charge is 0.234 e. The second-order valence-electron chi connectivity index (χ2n) is 5.36. The molecule has 0 saturated heterocycles. The lowest BCUT2D eigenvalue weighted by Gasteiger charge is -2.10. The minimum Gasteiger partial charge on any atom is -0.495 e. The number of anilines is 2. The number of amides is 2. The molecule has 0 heterocycles. The number of carbonyl (C=O) groups is 2. The van der Waals surface area contributed by atoms with Gasteiger partial charge in [-0.2, -0.15) is 0 Å². The minimum atomic E-state index is -0.116. The summed E-state index contributed by atoms with van der Waals surface area (Å²) in [4.78, 5) is 24.7. The number of hydrogen-bond donors (Lipinski definition) is 2. The van der Waals surface area contributed by atoms with Gasteiger partial charge in [0.25, 0.3) is 0 Å². The van der Waals surface area contributed by atoms with Crippen LogP contribution in [0.4, 0.5) is 11.4 Å². The van der Waals surface area contributed by atoms with Gasteiger partial charge < -0.3 is 15.4 Å². The van der Waals surface area contributed by atoms with Crippen molar-refractivity contribution in [2.75, 3.05) is 23.5 Å². The largest absolute Gasteiger partial charge is 0.495 e. The van der Waals surface area contributed by atoms with Gasteiger partial charge in [0, 0.05) is 17.0 Å². The molecule has 0 bridgehead atoms. The van der Waals surface area contributed by atoms with E-state index in [0.29, 0.717) is 17.9 Å². The van der Waals surface area contributed by atoms with Gasteiger partial charge in [-0.05, 0) is 36.8 Å². The molecule has 25 heavy (non-hydrogen) atoms. The molecular weight excluding hydrogens is 336 g/mol. The minimum absolute atomic E-state index is 0.00133. The van der Waals surface area contributed by atoms with E-state index in [-0.39, 0.29) is 17.6 Å². The molecule has 0 radical (unpaired) electrons. The van der Waals surface area contributed by atoms with Crippen LogP contribution < -0.4 is 15.4 Å². The predicted molar refractivity (Wildman–Crippen MR) is 102 cm³/mol. The van der Waals surface area contributed by atoms with Crippen molar-refractivity contribution in [1.29, 1.82) is 0 Å². The predicted octanol–water partition coefficient (Wildman–Crippen LogP) is 4.16. The maximum absolute atomic E-state index is 12.1. The Morgan fingerprint density at radius 3 is 2.60 bits per heavy atom. The summed E-state index contributed by atoms with van der Waals surface area (Å²) in [7, 11) is 1.57. The summed E-state index contributed by atoms with van der Waals surface area (Å²) >= 11 is 1.41. The molecular formula is C19H22N2O3S. The molecule has 6 heteroatoms. The fraction of sp³-hybridized carbons (Fsp3) is 0.263. The normalized spacial score (nSPS) is 10.2. The zero-order valence-corrected chi connectivity index (χ0v) is 15.2.